The molecule has 0 unspecified atom stereocenters. The van der Waals surface area contributed by atoms with E-state index in [0.29, 0.717) is 12.4 Å². The van der Waals surface area contributed by atoms with E-state index >= 15 is 0 Å². The Morgan fingerprint density at radius 2 is 1.86 bits per heavy atom. The minimum absolute atomic E-state index is 0.0954. The Bertz CT molecular complexity index is 623. The molecular formula is C16H15BrO4. The topological polar surface area (TPSA) is 55.8 Å². The number of carboxylic acids is 1. The third-order valence-electron chi connectivity index (χ3n) is 2.81. The average molecular weight is 351 g/mol. The highest BCUT2D eigenvalue weighted by molar-refractivity contribution is 9.10. The van der Waals surface area contributed by atoms with Gasteiger partial charge in [-0.05, 0) is 36.8 Å². The lowest BCUT2D eigenvalue weighted by atomic mass is 10.2. The van der Waals surface area contributed by atoms with E-state index in [1.807, 2.05) is 31.2 Å². The van der Waals surface area contributed by atoms with E-state index < -0.39 is 5.97 Å². The molecule has 0 saturated heterocycles. The van der Waals surface area contributed by atoms with E-state index in [4.69, 9.17) is 9.47 Å². The second-order valence-electron chi connectivity index (χ2n) is 4.29. The van der Waals surface area contributed by atoms with Crippen LogP contribution in [-0.2, 0) is 6.61 Å². The number of rotatable bonds is 6. The molecule has 0 fully saturated rings. The standard InChI is InChI=1S/C16H15BrO4/c1-2-20-14-5-3-4-13(16(18)19)15(14)21-10-11-6-8-12(17)9-7-11/h3-9H,2,10H2,1H3,(H,18,19). The number of carbonyl (C=O) groups is 1. The molecule has 4 nitrogen and oxygen atoms in total. The van der Waals surface area contributed by atoms with Crippen LogP contribution in [0.25, 0.3) is 0 Å². The quantitative estimate of drug-likeness (QED) is 0.850. The first-order chi connectivity index (χ1) is 10.1. The van der Waals surface area contributed by atoms with Gasteiger partial charge in [0, 0.05) is 4.47 Å². The number of aromatic carboxylic acids is 1. The first-order valence-corrected chi connectivity index (χ1v) is 7.27. The maximum Gasteiger partial charge on any atom is 0.339 e. The molecule has 0 aliphatic heterocycles. The smallest absolute Gasteiger partial charge is 0.339 e. The minimum Gasteiger partial charge on any atom is -0.490 e. The Hall–Kier alpha value is -2.01. The predicted octanol–water partition coefficient (Wildman–Crippen LogP) is 4.13. The number of benzene rings is 2. The molecule has 0 aromatic heterocycles. The summed E-state index contributed by atoms with van der Waals surface area (Å²) in [6.07, 6.45) is 0. The van der Waals surface area contributed by atoms with Gasteiger partial charge in [-0.15, -0.1) is 0 Å². The molecule has 2 rings (SSSR count). The van der Waals surface area contributed by atoms with Gasteiger partial charge in [-0.3, -0.25) is 0 Å². The average Bonchev–Trinajstić information content (AvgIpc) is 2.47. The SMILES string of the molecule is CCOc1cccc(C(=O)O)c1OCc1ccc(Br)cc1. The summed E-state index contributed by atoms with van der Waals surface area (Å²) in [6, 6.07) is 12.5. The zero-order valence-corrected chi connectivity index (χ0v) is 13.1. The molecule has 110 valence electrons. The van der Waals surface area contributed by atoms with Gasteiger partial charge in [0.2, 0.25) is 0 Å². The Labute approximate surface area is 131 Å². The number of hydrogen-bond acceptors (Lipinski definition) is 3. The maximum atomic E-state index is 11.3. The van der Waals surface area contributed by atoms with Crippen LogP contribution in [0.5, 0.6) is 11.5 Å². The summed E-state index contributed by atoms with van der Waals surface area (Å²) in [5.74, 6) is -0.341. The third kappa shape index (κ3) is 3.98. The minimum atomic E-state index is -1.04. The number of ether oxygens (including phenoxy) is 2. The summed E-state index contributed by atoms with van der Waals surface area (Å²) in [5.41, 5.74) is 1.04. The van der Waals surface area contributed by atoms with E-state index in [-0.39, 0.29) is 17.9 Å². The van der Waals surface area contributed by atoms with E-state index in [1.165, 1.54) is 6.07 Å². The number of para-hydroxylation sites is 1. The molecular weight excluding hydrogens is 336 g/mol. The van der Waals surface area contributed by atoms with E-state index in [9.17, 15) is 9.90 Å². The van der Waals surface area contributed by atoms with Crippen molar-refractivity contribution in [2.24, 2.45) is 0 Å². The van der Waals surface area contributed by atoms with Crippen LogP contribution in [-0.4, -0.2) is 17.7 Å². The van der Waals surface area contributed by atoms with Crippen molar-refractivity contribution in [3.05, 3.63) is 58.1 Å². The van der Waals surface area contributed by atoms with Gasteiger partial charge in [-0.25, -0.2) is 4.79 Å². The van der Waals surface area contributed by atoms with Crippen LogP contribution in [0.3, 0.4) is 0 Å². The summed E-state index contributed by atoms with van der Waals surface area (Å²) < 4.78 is 12.1. The van der Waals surface area contributed by atoms with Crippen molar-refractivity contribution in [1.29, 1.82) is 0 Å². The number of hydrogen-bond donors (Lipinski definition) is 1. The van der Waals surface area contributed by atoms with Gasteiger partial charge in [-0.2, -0.15) is 0 Å². The molecule has 0 heterocycles. The fraction of sp³-hybridized carbons (Fsp3) is 0.188. The van der Waals surface area contributed by atoms with Gasteiger partial charge in [-0.1, -0.05) is 34.1 Å². The summed E-state index contributed by atoms with van der Waals surface area (Å²) >= 11 is 3.37. The Morgan fingerprint density at radius 1 is 1.14 bits per heavy atom. The molecule has 2 aromatic carbocycles. The highest BCUT2D eigenvalue weighted by Crippen LogP contribution is 2.32. The van der Waals surface area contributed by atoms with Crippen molar-refractivity contribution in [3.63, 3.8) is 0 Å². The molecule has 0 bridgehead atoms. The highest BCUT2D eigenvalue weighted by atomic mass is 79.9. The van der Waals surface area contributed by atoms with Crippen LogP contribution < -0.4 is 9.47 Å². The van der Waals surface area contributed by atoms with Crippen molar-refractivity contribution in [1.82, 2.24) is 0 Å². The van der Waals surface area contributed by atoms with Crippen LogP contribution in [0.4, 0.5) is 0 Å². The van der Waals surface area contributed by atoms with E-state index in [0.717, 1.165) is 10.0 Å². The number of carboxylic acid groups (broad SMARTS) is 1. The molecule has 1 N–H and O–H groups in total. The van der Waals surface area contributed by atoms with Crippen molar-refractivity contribution >= 4 is 21.9 Å². The van der Waals surface area contributed by atoms with Crippen molar-refractivity contribution in [2.75, 3.05) is 6.61 Å². The summed E-state index contributed by atoms with van der Waals surface area (Å²) in [5, 5.41) is 9.25. The largest absolute Gasteiger partial charge is 0.490 e. The molecule has 5 heteroatoms. The van der Waals surface area contributed by atoms with Crippen LogP contribution >= 0.6 is 15.9 Å². The van der Waals surface area contributed by atoms with Crippen LogP contribution in [0, 0.1) is 0 Å². The van der Waals surface area contributed by atoms with Crippen LogP contribution in [0.1, 0.15) is 22.8 Å². The molecule has 0 spiro atoms. The van der Waals surface area contributed by atoms with E-state index in [1.54, 1.807) is 12.1 Å². The normalized spacial score (nSPS) is 10.2. The lowest BCUT2D eigenvalue weighted by molar-refractivity contribution is 0.0690. The van der Waals surface area contributed by atoms with Crippen molar-refractivity contribution < 1.29 is 19.4 Å². The fourth-order valence-electron chi connectivity index (χ4n) is 1.84. The molecule has 2 aromatic rings. The van der Waals surface area contributed by atoms with Crippen molar-refractivity contribution in [3.8, 4) is 11.5 Å². The summed E-state index contributed by atoms with van der Waals surface area (Å²) in [7, 11) is 0. The van der Waals surface area contributed by atoms with Gasteiger partial charge in [0.05, 0.1) is 6.61 Å². The first-order valence-electron chi connectivity index (χ1n) is 6.48. The van der Waals surface area contributed by atoms with Crippen molar-refractivity contribution in [2.45, 2.75) is 13.5 Å². The second kappa shape index (κ2) is 7.13. The van der Waals surface area contributed by atoms with Gasteiger partial charge in [0.25, 0.3) is 0 Å². The van der Waals surface area contributed by atoms with E-state index in [2.05, 4.69) is 15.9 Å². The molecule has 0 aliphatic rings. The predicted molar refractivity (Wildman–Crippen MR) is 83.0 cm³/mol. The Kier molecular flexibility index (Phi) is 5.22. The Morgan fingerprint density at radius 3 is 2.48 bits per heavy atom. The lowest BCUT2D eigenvalue weighted by Crippen LogP contribution is -2.06. The fourth-order valence-corrected chi connectivity index (χ4v) is 2.10. The van der Waals surface area contributed by atoms with Gasteiger partial charge < -0.3 is 14.6 Å². The molecule has 0 radical (unpaired) electrons. The summed E-state index contributed by atoms with van der Waals surface area (Å²) in [4.78, 5) is 11.3. The maximum absolute atomic E-state index is 11.3. The first kappa shape index (κ1) is 15.4. The monoisotopic (exact) mass is 350 g/mol. The van der Waals surface area contributed by atoms with Gasteiger partial charge in [0.15, 0.2) is 11.5 Å². The molecule has 21 heavy (non-hydrogen) atoms. The number of halogens is 1. The van der Waals surface area contributed by atoms with Crippen LogP contribution in [0.2, 0.25) is 0 Å². The Balaban J connectivity index is 2.24. The van der Waals surface area contributed by atoms with Gasteiger partial charge >= 0.3 is 5.97 Å². The van der Waals surface area contributed by atoms with Gasteiger partial charge in [0.1, 0.15) is 12.2 Å². The molecule has 0 aliphatic carbocycles. The molecule has 0 amide bonds. The zero-order valence-electron chi connectivity index (χ0n) is 11.5. The lowest BCUT2D eigenvalue weighted by Gasteiger charge is -2.14. The van der Waals surface area contributed by atoms with Crippen LogP contribution in [0.15, 0.2) is 46.9 Å². The second-order valence-corrected chi connectivity index (χ2v) is 5.20. The highest BCUT2D eigenvalue weighted by Gasteiger charge is 2.16. The molecule has 0 saturated carbocycles. The molecule has 0 atom stereocenters. The summed E-state index contributed by atoms with van der Waals surface area (Å²) in [6.45, 7) is 2.56. The third-order valence-corrected chi connectivity index (χ3v) is 3.33. The zero-order chi connectivity index (χ0) is 15.2.